The molecule has 3 N–H and O–H groups in total. The Morgan fingerprint density at radius 1 is 1.19 bits per heavy atom. The van der Waals surface area contributed by atoms with Gasteiger partial charge in [-0.05, 0) is 37.8 Å². The van der Waals surface area contributed by atoms with E-state index in [1.54, 1.807) is 6.20 Å². The van der Waals surface area contributed by atoms with Crippen molar-refractivity contribution in [2.24, 2.45) is 17.1 Å². The molecule has 2 heterocycles. The second-order valence-electron chi connectivity index (χ2n) is 7.64. The number of pyridine rings is 1. The van der Waals surface area contributed by atoms with Gasteiger partial charge >= 0.3 is 0 Å². The molecule has 0 spiro atoms. The fourth-order valence-electron chi connectivity index (χ4n) is 3.61. The van der Waals surface area contributed by atoms with Gasteiger partial charge in [-0.25, -0.2) is 4.98 Å². The summed E-state index contributed by atoms with van der Waals surface area (Å²) in [6.45, 7) is 7.40. The number of carbonyl (C=O) groups excluding carboxylic acids is 2. The molecule has 7 nitrogen and oxygen atoms in total. The van der Waals surface area contributed by atoms with E-state index in [1.807, 2.05) is 30.9 Å². The first-order chi connectivity index (χ1) is 13.0. The van der Waals surface area contributed by atoms with Crippen LogP contribution in [0, 0.1) is 11.3 Å². The summed E-state index contributed by atoms with van der Waals surface area (Å²) in [5.74, 6) is 1.43. The lowest BCUT2D eigenvalue weighted by Gasteiger charge is -2.35. The molecule has 0 bridgehead atoms. The minimum Gasteiger partial charge on any atom is -0.353 e. The number of aromatic nitrogens is 1. The highest BCUT2D eigenvalue weighted by molar-refractivity contribution is 5.95. The van der Waals surface area contributed by atoms with Crippen LogP contribution in [0.1, 0.15) is 39.5 Å². The number of nitrogens with two attached hydrogens (primary N) is 1. The first kappa shape index (κ1) is 19.6. The van der Waals surface area contributed by atoms with E-state index >= 15 is 0 Å². The molecule has 1 saturated carbocycles. The molecule has 1 aliphatic heterocycles. The lowest BCUT2D eigenvalue weighted by Crippen LogP contribution is -2.49. The summed E-state index contributed by atoms with van der Waals surface area (Å²) in [6.07, 6.45) is 5.22. The van der Waals surface area contributed by atoms with Gasteiger partial charge in [0.05, 0.1) is 17.3 Å². The van der Waals surface area contributed by atoms with Crippen LogP contribution in [0.2, 0.25) is 0 Å². The van der Waals surface area contributed by atoms with Crippen LogP contribution in [0.25, 0.3) is 0 Å². The molecule has 2 fully saturated rings. The Bertz CT molecular complexity index is 651. The van der Waals surface area contributed by atoms with Crippen molar-refractivity contribution in [3.05, 3.63) is 18.3 Å². The van der Waals surface area contributed by atoms with E-state index in [9.17, 15) is 9.59 Å². The number of rotatable bonds is 7. The van der Waals surface area contributed by atoms with Gasteiger partial charge in [-0.15, -0.1) is 0 Å². The SMILES string of the molecule is CCC(CC)(CN)C(=O)Nc1ccc(N2CCN(C(=O)C3CC3)CC2)nc1. The highest BCUT2D eigenvalue weighted by Gasteiger charge is 2.35. The summed E-state index contributed by atoms with van der Waals surface area (Å²) < 4.78 is 0. The first-order valence-corrected chi connectivity index (χ1v) is 10.0. The molecule has 1 aromatic rings. The molecule has 1 aliphatic carbocycles. The maximum absolute atomic E-state index is 12.6. The zero-order chi connectivity index (χ0) is 19.4. The second-order valence-corrected chi connectivity index (χ2v) is 7.64. The predicted octanol–water partition coefficient (Wildman–Crippen LogP) is 1.84. The van der Waals surface area contributed by atoms with Gasteiger partial charge < -0.3 is 20.9 Å². The lowest BCUT2D eigenvalue weighted by molar-refractivity contribution is -0.132. The Hall–Kier alpha value is -2.15. The van der Waals surface area contributed by atoms with Crippen LogP contribution < -0.4 is 16.0 Å². The lowest BCUT2D eigenvalue weighted by atomic mass is 9.81. The molecule has 2 aliphatic rings. The molecular weight excluding hydrogens is 342 g/mol. The zero-order valence-corrected chi connectivity index (χ0v) is 16.4. The molecule has 148 valence electrons. The number of anilines is 2. The minimum absolute atomic E-state index is 0.0447. The van der Waals surface area contributed by atoms with Crippen LogP contribution in [0.15, 0.2) is 18.3 Å². The van der Waals surface area contributed by atoms with Gasteiger partial charge in [-0.3, -0.25) is 9.59 Å². The topological polar surface area (TPSA) is 91.6 Å². The maximum atomic E-state index is 12.6. The predicted molar refractivity (Wildman–Crippen MR) is 106 cm³/mol. The number of nitrogens with zero attached hydrogens (tertiary/aromatic N) is 3. The monoisotopic (exact) mass is 373 g/mol. The smallest absolute Gasteiger partial charge is 0.231 e. The molecule has 0 atom stereocenters. The number of nitrogens with one attached hydrogen (secondary N) is 1. The van der Waals surface area contributed by atoms with Gasteiger partial charge in [0.2, 0.25) is 11.8 Å². The van der Waals surface area contributed by atoms with E-state index in [0.717, 1.165) is 44.8 Å². The van der Waals surface area contributed by atoms with Crippen molar-refractivity contribution < 1.29 is 9.59 Å². The van der Waals surface area contributed by atoms with E-state index in [-0.39, 0.29) is 11.8 Å². The quantitative estimate of drug-likeness (QED) is 0.761. The molecule has 1 aromatic heterocycles. The van der Waals surface area contributed by atoms with Gasteiger partial charge in [0.1, 0.15) is 5.82 Å². The van der Waals surface area contributed by atoms with Crippen molar-refractivity contribution in [3.63, 3.8) is 0 Å². The van der Waals surface area contributed by atoms with E-state index in [0.29, 0.717) is 31.0 Å². The van der Waals surface area contributed by atoms with E-state index in [1.165, 1.54) is 0 Å². The molecule has 3 rings (SSSR count). The molecule has 27 heavy (non-hydrogen) atoms. The van der Waals surface area contributed by atoms with Crippen LogP contribution in [-0.2, 0) is 9.59 Å². The van der Waals surface area contributed by atoms with Gasteiger partial charge in [-0.1, -0.05) is 13.8 Å². The molecule has 0 radical (unpaired) electrons. The first-order valence-electron chi connectivity index (χ1n) is 10.0. The number of amides is 2. The maximum Gasteiger partial charge on any atom is 0.231 e. The van der Waals surface area contributed by atoms with Crippen LogP contribution in [0.3, 0.4) is 0 Å². The van der Waals surface area contributed by atoms with Crippen molar-refractivity contribution in [1.29, 1.82) is 0 Å². The summed E-state index contributed by atoms with van der Waals surface area (Å²) in [7, 11) is 0. The van der Waals surface area contributed by atoms with Crippen molar-refractivity contribution in [1.82, 2.24) is 9.88 Å². The molecular formula is C20H31N5O2. The second kappa shape index (κ2) is 8.25. The van der Waals surface area contributed by atoms with Gasteiger partial charge in [0.15, 0.2) is 0 Å². The summed E-state index contributed by atoms with van der Waals surface area (Å²) >= 11 is 0. The van der Waals surface area contributed by atoms with Crippen LogP contribution in [0.4, 0.5) is 11.5 Å². The summed E-state index contributed by atoms with van der Waals surface area (Å²) in [5.41, 5.74) is 6.01. The van der Waals surface area contributed by atoms with Crippen molar-refractivity contribution in [2.45, 2.75) is 39.5 Å². The third-order valence-electron chi connectivity index (χ3n) is 6.07. The van der Waals surface area contributed by atoms with Crippen molar-refractivity contribution in [3.8, 4) is 0 Å². The molecule has 7 heteroatoms. The number of hydrogen-bond acceptors (Lipinski definition) is 5. The van der Waals surface area contributed by atoms with Crippen molar-refractivity contribution >= 4 is 23.3 Å². The van der Waals surface area contributed by atoms with E-state index in [4.69, 9.17) is 5.73 Å². The van der Waals surface area contributed by atoms with Crippen molar-refractivity contribution in [2.75, 3.05) is 42.9 Å². The average Bonchev–Trinajstić information content (AvgIpc) is 3.55. The van der Waals surface area contributed by atoms with Gasteiger partial charge in [0.25, 0.3) is 0 Å². The van der Waals surface area contributed by atoms with Crippen LogP contribution in [-0.4, -0.2) is 54.4 Å². The highest BCUT2D eigenvalue weighted by atomic mass is 16.2. The third-order valence-corrected chi connectivity index (χ3v) is 6.07. The fourth-order valence-corrected chi connectivity index (χ4v) is 3.61. The van der Waals surface area contributed by atoms with Gasteiger partial charge in [-0.2, -0.15) is 0 Å². The third kappa shape index (κ3) is 4.24. The van der Waals surface area contributed by atoms with Gasteiger partial charge in [0, 0.05) is 38.6 Å². The van der Waals surface area contributed by atoms with Crippen LogP contribution >= 0.6 is 0 Å². The Morgan fingerprint density at radius 3 is 2.33 bits per heavy atom. The summed E-state index contributed by atoms with van der Waals surface area (Å²) in [5, 5.41) is 2.95. The fraction of sp³-hybridized carbons (Fsp3) is 0.650. The summed E-state index contributed by atoms with van der Waals surface area (Å²) in [4.78, 5) is 33.4. The Kier molecular flexibility index (Phi) is 5.99. The van der Waals surface area contributed by atoms with E-state index < -0.39 is 5.41 Å². The average molecular weight is 374 g/mol. The normalized spacial score (nSPS) is 17.7. The summed E-state index contributed by atoms with van der Waals surface area (Å²) in [6, 6.07) is 3.81. The zero-order valence-electron chi connectivity index (χ0n) is 16.4. The largest absolute Gasteiger partial charge is 0.353 e. The van der Waals surface area contributed by atoms with Crippen LogP contribution in [0.5, 0.6) is 0 Å². The Labute approximate surface area is 161 Å². The number of piperazine rings is 1. The Balaban J connectivity index is 1.56. The molecule has 0 aromatic carbocycles. The number of hydrogen-bond donors (Lipinski definition) is 2. The molecule has 1 saturated heterocycles. The van der Waals surface area contributed by atoms with E-state index in [2.05, 4.69) is 15.2 Å². The highest BCUT2D eigenvalue weighted by Crippen LogP contribution is 2.31. The molecule has 0 unspecified atom stereocenters. The minimum atomic E-state index is -0.525. The Morgan fingerprint density at radius 2 is 1.85 bits per heavy atom. The standard InChI is InChI=1S/C20H31N5O2/c1-3-20(4-2,14-21)19(27)23-16-7-8-17(22-13-16)24-9-11-25(12-10-24)18(26)15-5-6-15/h7-8,13,15H,3-6,9-12,14,21H2,1-2H3,(H,23,27). The molecule has 2 amide bonds. The number of carbonyl (C=O) groups is 2.